The number of nitrogens with zero attached hydrogens (tertiary/aromatic N) is 6. The number of hydrogen-bond acceptors (Lipinski definition) is 30. The standard InChI is InChI=1S/C49H61N3O4.C14H31N3O4.C3H5BrO.8CO2/c53-49(56-43-48-24-14-5-15-25-48)42-52(36-40-54-38-34-50(30-26-44-16-6-1-7-17-44)31-27-45-18-8-2-9-19-45)37-41-55-39-35-51(32-28-46-20-10-3-11-21-46)33-29-47-22-12-4-13-23-47;1-15(2)5-9-20-11-7-17(13-14(18)19)8-12-21-10-6-16(3)4;1-3(5)2-4;8*2-1-3/h1-25H,26-43H2;5-13H2,1-4H3,(H,18,19);2H2,1H3;;;;;;;;. The lowest BCUT2D eigenvalue weighted by molar-refractivity contribution is -0.193. The first kappa shape index (κ1) is 107. The molecule has 1 N–H and O–H groups in total. The lowest BCUT2D eigenvalue weighted by atomic mass is 10.1. The second kappa shape index (κ2) is 87.2. The number of carbonyl (C=O) groups excluding carboxylic acids is 18. The topological polar surface area (TPSA) is 410 Å². The number of carboxylic acids is 1. The maximum absolute atomic E-state index is 13.0. The van der Waals surface area contributed by atoms with Crippen LogP contribution in [0.1, 0.15) is 34.7 Å². The highest BCUT2D eigenvalue weighted by Crippen LogP contribution is 2.08. The zero-order valence-corrected chi connectivity index (χ0v) is 62.1. The quantitative estimate of drug-likeness (QED) is 0.0331. The largest absolute Gasteiger partial charge is 0.480 e. The predicted molar refractivity (Wildman–Crippen MR) is 375 cm³/mol. The minimum Gasteiger partial charge on any atom is -0.480 e. The molecule has 32 heteroatoms. The second-order valence-electron chi connectivity index (χ2n) is 21.3. The summed E-state index contributed by atoms with van der Waals surface area (Å²) in [6.07, 6.45) is 6.03. The van der Waals surface area contributed by atoms with E-state index in [9.17, 15) is 14.4 Å². The number of aliphatic carboxylic acids is 1. The molecule has 106 heavy (non-hydrogen) atoms. The summed E-state index contributed by atoms with van der Waals surface area (Å²) in [6, 6.07) is 52.5. The number of ether oxygens (including phenoxy) is 5. The fraction of sp³-hybridized carbons (Fsp3) is 0.446. The Morgan fingerprint density at radius 3 is 0.726 bits per heavy atom. The number of alkyl halides is 1. The van der Waals surface area contributed by atoms with Gasteiger partial charge < -0.3 is 48.4 Å². The molecular weight excluding hydrogens is 1450 g/mol. The molecule has 0 atom stereocenters. The smallest absolute Gasteiger partial charge is 0.373 e. The Bertz CT molecular complexity index is 2790. The molecule has 0 radical (unpaired) electrons. The normalized spacial score (nSPS) is 9.32. The van der Waals surface area contributed by atoms with Crippen LogP contribution in [0.4, 0.5) is 0 Å². The first-order valence-electron chi connectivity index (χ1n) is 32.3. The van der Waals surface area contributed by atoms with Gasteiger partial charge in [0.05, 0.1) is 71.3 Å². The lowest BCUT2D eigenvalue weighted by Crippen LogP contribution is -2.37. The van der Waals surface area contributed by atoms with Crippen molar-refractivity contribution in [3.05, 3.63) is 179 Å². The molecule has 0 saturated heterocycles. The zero-order chi connectivity index (χ0) is 80.8. The van der Waals surface area contributed by atoms with E-state index in [0.717, 1.165) is 83.6 Å². The van der Waals surface area contributed by atoms with Crippen molar-refractivity contribution >= 4 is 82.9 Å². The predicted octanol–water partition coefficient (Wildman–Crippen LogP) is 3.47. The third-order valence-electron chi connectivity index (χ3n) is 13.1. The van der Waals surface area contributed by atoms with Gasteiger partial charge in [-0.3, -0.25) is 24.2 Å². The molecule has 0 aromatic heterocycles. The first-order valence-corrected chi connectivity index (χ1v) is 33.4. The number of hydrogen-bond donors (Lipinski definition) is 1. The number of likely N-dealkylation sites (N-methyl/N-ethyl adjacent to an activating group) is 2. The molecule has 0 bridgehead atoms. The molecule has 0 amide bonds. The Hall–Kier alpha value is -10.2. The number of halogens is 1. The monoisotopic (exact) mass is 1550 g/mol. The summed E-state index contributed by atoms with van der Waals surface area (Å²) in [5, 5.41) is 9.38. The van der Waals surface area contributed by atoms with Crippen LogP contribution in [0.2, 0.25) is 0 Å². The van der Waals surface area contributed by atoms with Crippen LogP contribution in [0, 0.1) is 0 Å². The zero-order valence-electron chi connectivity index (χ0n) is 60.5. The summed E-state index contributed by atoms with van der Waals surface area (Å²) in [5.74, 6) is -0.892. The summed E-state index contributed by atoms with van der Waals surface area (Å²) in [7, 11) is 7.96. The van der Waals surface area contributed by atoms with Gasteiger partial charge in [-0.05, 0) is 88.6 Å². The van der Waals surface area contributed by atoms with Crippen molar-refractivity contribution in [2.45, 2.75) is 39.2 Å². The van der Waals surface area contributed by atoms with Crippen LogP contribution < -0.4 is 0 Å². The molecule has 580 valence electrons. The average molecular weight is 1550 g/mol. The van der Waals surface area contributed by atoms with Crippen LogP contribution >= 0.6 is 15.9 Å². The van der Waals surface area contributed by atoms with Gasteiger partial charge in [-0.25, -0.2) is 0 Å². The number of Topliss-reactive ketones (excluding diaryl/α,β-unsaturated/α-hetero) is 1. The fourth-order valence-electron chi connectivity index (χ4n) is 8.16. The summed E-state index contributed by atoms with van der Waals surface area (Å²) in [5.41, 5.74) is 6.38. The molecule has 0 saturated carbocycles. The van der Waals surface area contributed by atoms with Gasteiger partial charge >= 0.3 is 61.2 Å². The van der Waals surface area contributed by atoms with E-state index in [1.807, 2.05) is 73.2 Å². The van der Waals surface area contributed by atoms with Crippen LogP contribution in [0.25, 0.3) is 0 Å². The fourth-order valence-corrected chi connectivity index (χ4v) is 8.16. The summed E-state index contributed by atoms with van der Waals surface area (Å²) in [4.78, 5) is 177. The molecule has 5 aromatic rings. The third kappa shape index (κ3) is 86.2. The van der Waals surface area contributed by atoms with E-state index in [2.05, 4.69) is 152 Å². The number of benzene rings is 5. The van der Waals surface area contributed by atoms with Crippen molar-refractivity contribution in [1.82, 2.24) is 29.4 Å². The summed E-state index contributed by atoms with van der Waals surface area (Å²) in [6.45, 7) is 16.6. The van der Waals surface area contributed by atoms with Gasteiger partial charge in [-0.15, -0.1) is 0 Å². The van der Waals surface area contributed by atoms with E-state index in [1.54, 1.807) is 0 Å². The summed E-state index contributed by atoms with van der Waals surface area (Å²) < 4.78 is 29.1. The molecule has 0 spiro atoms. The second-order valence-corrected chi connectivity index (χ2v) is 21.8. The highest BCUT2D eigenvalue weighted by molar-refractivity contribution is 9.09. The number of carbonyl (C=O) groups is 3. The molecule has 5 rings (SSSR count). The maximum Gasteiger partial charge on any atom is 0.373 e. The molecule has 0 heterocycles. The van der Waals surface area contributed by atoms with Gasteiger partial charge in [0.15, 0.2) is 0 Å². The van der Waals surface area contributed by atoms with E-state index < -0.39 is 5.97 Å². The average Bonchev–Trinajstić information content (AvgIpc) is 0.943. The Morgan fingerprint density at radius 2 is 0.519 bits per heavy atom. The van der Waals surface area contributed by atoms with Crippen molar-refractivity contribution in [2.24, 2.45) is 0 Å². The molecule has 0 unspecified atom stereocenters. The van der Waals surface area contributed by atoms with Crippen LogP contribution in [-0.2, 0) is 147 Å². The molecule has 0 fully saturated rings. The van der Waals surface area contributed by atoms with Gasteiger partial charge in [0, 0.05) is 78.5 Å². The van der Waals surface area contributed by atoms with Crippen LogP contribution in [0.15, 0.2) is 152 Å². The van der Waals surface area contributed by atoms with Crippen LogP contribution in [0.3, 0.4) is 0 Å². The number of carboxylic acid groups (broad SMARTS) is 1. The minimum atomic E-state index is -0.823. The molecule has 0 aliphatic carbocycles. The van der Waals surface area contributed by atoms with Gasteiger partial charge in [0.1, 0.15) is 12.4 Å². The van der Waals surface area contributed by atoms with Crippen molar-refractivity contribution in [1.29, 1.82) is 0 Å². The highest BCUT2D eigenvalue weighted by atomic mass is 79.9. The van der Waals surface area contributed by atoms with Crippen molar-refractivity contribution < 1.29 is 120 Å². The number of ketones is 1. The van der Waals surface area contributed by atoms with Crippen LogP contribution in [0.5, 0.6) is 0 Å². The van der Waals surface area contributed by atoms with Gasteiger partial charge in [-0.2, -0.15) is 76.7 Å². The molecular formula is C74H97BrN6O25. The Morgan fingerprint density at radius 1 is 0.321 bits per heavy atom. The van der Waals surface area contributed by atoms with E-state index in [0.29, 0.717) is 84.4 Å². The number of rotatable bonds is 43. The minimum absolute atomic E-state index is 0.0219. The van der Waals surface area contributed by atoms with Crippen LogP contribution in [-0.4, -0.2) is 279 Å². The van der Waals surface area contributed by atoms with Crippen molar-refractivity contribution in [3.8, 4) is 0 Å². The van der Waals surface area contributed by atoms with E-state index in [1.165, 1.54) is 29.2 Å². The van der Waals surface area contributed by atoms with Crippen molar-refractivity contribution in [2.75, 3.05) is 178 Å². The summed E-state index contributed by atoms with van der Waals surface area (Å²) >= 11 is 2.96. The Balaban J connectivity index is -0.000000408. The third-order valence-corrected chi connectivity index (χ3v) is 13.8. The SMILES string of the molecule is CC(=O)CBr.CN(C)CCOCCN(CCOCCN(C)C)CC(=O)O.O=C(CN(CCOCCN(CCc1ccccc1)CCc1ccccc1)CCOCCN(CCc1ccccc1)CCc1ccccc1)OCc1ccccc1.O=C=O.O=C=O.O=C=O.O=C=O.O=C=O.O=C=O.O=C=O.O=C=O. The van der Waals surface area contributed by atoms with E-state index >= 15 is 0 Å². The van der Waals surface area contributed by atoms with Gasteiger partial charge in [-0.1, -0.05) is 168 Å². The van der Waals surface area contributed by atoms with Gasteiger partial charge in [0.25, 0.3) is 0 Å². The first-order chi connectivity index (χ1) is 51.2. The van der Waals surface area contributed by atoms with Crippen molar-refractivity contribution in [3.63, 3.8) is 0 Å². The highest BCUT2D eigenvalue weighted by Gasteiger charge is 2.15. The Labute approximate surface area is 626 Å². The molecule has 0 aliphatic heterocycles. The van der Waals surface area contributed by atoms with E-state index in [-0.39, 0.29) is 80.7 Å². The van der Waals surface area contributed by atoms with E-state index in [4.69, 9.17) is 106 Å². The van der Waals surface area contributed by atoms with Gasteiger partial charge in [0.2, 0.25) is 0 Å². The lowest BCUT2D eigenvalue weighted by Gasteiger charge is -2.24. The molecule has 31 nitrogen and oxygen atoms in total. The molecule has 5 aromatic carbocycles. The maximum atomic E-state index is 13.0. The number of esters is 1. The molecule has 0 aliphatic rings. The Kier molecular flexibility index (Phi) is 87.9.